The Kier molecular flexibility index (Phi) is 7.57. The minimum absolute atomic E-state index is 0.0471. The van der Waals surface area contributed by atoms with Crippen molar-refractivity contribution in [1.29, 1.82) is 0 Å². The Hall–Kier alpha value is -3.02. The van der Waals surface area contributed by atoms with E-state index in [2.05, 4.69) is 20.8 Å². The van der Waals surface area contributed by atoms with E-state index in [-0.39, 0.29) is 35.5 Å². The summed E-state index contributed by atoms with van der Waals surface area (Å²) in [5.41, 5.74) is -0.134. The molecule has 3 aliphatic rings. The quantitative estimate of drug-likeness (QED) is 0.300. The van der Waals surface area contributed by atoms with Crippen molar-refractivity contribution < 1.29 is 47.6 Å². The number of rotatable bonds is 7. The van der Waals surface area contributed by atoms with Crippen molar-refractivity contribution in [1.82, 2.24) is 10.2 Å². The van der Waals surface area contributed by atoms with E-state index in [1.165, 1.54) is 6.07 Å². The molecule has 0 radical (unpaired) electrons. The Morgan fingerprint density at radius 1 is 1.15 bits per heavy atom. The van der Waals surface area contributed by atoms with Crippen LogP contribution in [-0.2, 0) is 25.5 Å². The van der Waals surface area contributed by atoms with Gasteiger partial charge < -0.3 is 30.3 Å². The SMILES string of the molecule is CC1(C)C2CCC1(C)C(OC(=O)C1CCCN1C(=O)C(NC(=O)C(O)Cc1ccc(O)c(O)c1)C(F)(F)F)C2. The molecular formula is C27H35F3N2O7. The molecule has 12 heteroatoms. The second kappa shape index (κ2) is 10.2. The monoisotopic (exact) mass is 556 g/mol. The highest BCUT2D eigenvalue weighted by molar-refractivity contribution is 5.92. The summed E-state index contributed by atoms with van der Waals surface area (Å²) in [4.78, 5) is 39.5. The predicted octanol–water partition coefficient (Wildman–Crippen LogP) is 2.80. The number of carbonyl (C=O) groups is 3. The fourth-order valence-electron chi connectivity index (χ4n) is 6.50. The standard InChI is InChI=1S/C27H35F3N2O7/c1-25(2)15-8-9-26(25,3)20(13-15)39-24(38)16-5-4-10-32(16)23(37)21(27(28,29)30)31-22(36)19(35)12-14-6-7-17(33)18(34)11-14/h6-7,11,15-16,19-21,33-35H,4-5,8-10,12-13H2,1-3H3,(H,31,36). The summed E-state index contributed by atoms with van der Waals surface area (Å²) < 4.78 is 47.7. The lowest BCUT2D eigenvalue weighted by molar-refractivity contribution is -0.183. The van der Waals surface area contributed by atoms with Gasteiger partial charge in [-0.05, 0) is 61.1 Å². The lowest BCUT2D eigenvalue weighted by atomic mass is 9.70. The van der Waals surface area contributed by atoms with Crippen LogP contribution in [-0.4, -0.2) is 75.0 Å². The van der Waals surface area contributed by atoms with E-state index in [1.54, 1.807) is 5.32 Å². The molecule has 6 atom stereocenters. The molecule has 216 valence electrons. The average Bonchev–Trinajstić information content (AvgIpc) is 3.47. The highest BCUT2D eigenvalue weighted by Gasteiger charge is 2.63. The Balaban J connectivity index is 1.43. The van der Waals surface area contributed by atoms with Crippen molar-refractivity contribution >= 4 is 17.8 Å². The number of nitrogens with zero attached hydrogens (tertiary/aromatic N) is 1. The molecule has 2 bridgehead atoms. The van der Waals surface area contributed by atoms with Crippen molar-refractivity contribution in [2.75, 3.05) is 6.54 Å². The summed E-state index contributed by atoms with van der Waals surface area (Å²) in [6.45, 7) is 6.24. The molecule has 9 nitrogen and oxygen atoms in total. The van der Waals surface area contributed by atoms with Crippen LogP contribution in [0.25, 0.3) is 0 Å². The summed E-state index contributed by atoms with van der Waals surface area (Å²) >= 11 is 0. The van der Waals surface area contributed by atoms with Gasteiger partial charge in [-0.25, -0.2) is 4.79 Å². The van der Waals surface area contributed by atoms with Crippen LogP contribution in [0.4, 0.5) is 13.2 Å². The van der Waals surface area contributed by atoms with Gasteiger partial charge >= 0.3 is 12.1 Å². The van der Waals surface area contributed by atoms with Crippen molar-refractivity contribution in [2.24, 2.45) is 16.7 Å². The maximum atomic E-state index is 13.9. The summed E-state index contributed by atoms with van der Waals surface area (Å²) in [6.07, 6.45) is -5.01. The number of phenols is 2. The number of benzene rings is 1. The molecule has 1 aromatic rings. The molecule has 1 heterocycles. The minimum atomic E-state index is -5.19. The molecule has 2 amide bonds. The molecule has 6 unspecified atom stereocenters. The molecule has 0 aromatic heterocycles. The minimum Gasteiger partial charge on any atom is -0.504 e. The molecule has 4 N–H and O–H groups in total. The van der Waals surface area contributed by atoms with Crippen molar-refractivity contribution in [3.63, 3.8) is 0 Å². The second-order valence-corrected chi connectivity index (χ2v) is 11.8. The van der Waals surface area contributed by atoms with Crippen LogP contribution >= 0.6 is 0 Å². The fourth-order valence-corrected chi connectivity index (χ4v) is 6.50. The zero-order valence-corrected chi connectivity index (χ0v) is 22.1. The maximum absolute atomic E-state index is 13.9. The number of carbonyl (C=O) groups excluding carboxylic acids is 3. The Bertz CT molecular complexity index is 1140. The molecule has 3 fully saturated rings. The molecule has 4 rings (SSSR count). The topological polar surface area (TPSA) is 136 Å². The third-order valence-corrected chi connectivity index (χ3v) is 9.41. The zero-order chi connectivity index (χ0) is 28.9. The molecule has 2 aliphatic carbocycles. The summed E-state index contributed by atoms with van der Waals surface area (Å²) in [5, 5.41) is 30.7. The van der Waals surface area contributed by atoms with Gasteiger partial charge in [-0.15, -0.1) is 0 Å². The fraction of sp³-hybridized carbons (Fsp3) is 0.667. The average molecular weight is 557 g/mol. The highest BCUT2D eigenvalue weighted by atomic mass is 19.4. The number of aliphatic hydroxyl groups is 1. The van der Waals surface area contributed by atoms with Crippen LogP contribution in [0.15, 0.2) is 18.2 Å². The number of fused-ring (bicyclic) bond motifs is 2. The van der Waals surface area contributed by atoms with Crippen molar-refractivity contribution in [2.45, 2.75) is 89.8 Å². The number of esters is 1. The number of ether oxygens (including phenoxy) is 1. The Labute approximate surface area is 224 Å². The molecule has 2 saturated carbocycles. The number of phenolic OH excluding ortho intramolecular Hbond substituents is 2. The van der Waals surface area contributed by atoms with Gasteiger partial charge in [-0.2, -0.15) is 13.2 Å². The number of hydrogen-bond acceptors (Lipinski definition) is 7. The van der Waals surface area contributed by atoms with E-state index in [0.717, 1.165) is 29.9 Å². The molecule has 0 spiro atoms. The summed E-state index contributed by atoms with van der Waals surface area (Å²) in [7, 11) is 0. The van der Waals surface area contributed by atoms with Crippen LogP contribution in [0.3, 0.4) is 0 Å². The normalized spacial score (nSPS) is 29.2. The third-order valence-electron chi connectivity index (χ3n) is 9.41. The first-order valence-corrected chi connectivity index (χ1v) is 13.1. The van der Waals surface area contributed by atoms with Crippen LogP contribution in [0.5, 0.6) is 11.5 Å². The number of nitrogens with one attached hydrogen (secondary N) is 1. The highest BCUT2D eigenvalue weighted by Crippen LogP contribution is 2.66. The van der Waals surface area contributed by atoms with Gasteiger partial charge in [0.25, 0.3) is 5.91 Å². The molecule has 1 aliphatic heterocycles. The van der Waals surface area contributed by atoms with Gasteiger partial charge in [-0.3, -0.25) is 9.59 Å². The smallest absolute Gasteiger partial charge is 0.417 e. The first-order chi connectivity index (χ1) is 18.1. The van der Waals surface area contributed by atoms with E-state index >= 15 is 0 Å². The van der Waals surface area contributed by atoms with Crippen molar-refractivity contribution in [3.05, 3.63) is 23.8 Å². The Morgan fingerprint density at radius 3 is 2.41 bits per heavy atom. The largest absolute Gasteiger partial charge is 0.504 e. The summed E-state index contributed by atoms with van der Waals surface area (Å²) in [6, 6.07) is -0.746. The predicted molar refractivity (Wildman–Crippen MR) is 131 cm³/mol. The number of halogens is 3. The van der Waals surface area contributed by atoms with Gasteiger partial charge in [0.05, 0.1) is 0 Å². The van der Waals surface area contributed by atoms with E-state index in [0.29, 0.717) is 18.8 Å². The van der Waals surface area contributed by atoms with E-state index in [4.69, 9.17) is 4.74 Å². The molecule has 1 saturated heterocycles. The summed E-state index contributed by atoms with van der Waals surface area (Å²) in [5.74, 6) is -4.29. The number of aromatic hydroxyl groups is 2. The number of aliphatic hydroxyl groups excluding tert-OH is 1. The number of alkyl halides is 3. The molecule has 39 heavy (non-hydrogen) atoms. The van der Waals surface area contributed by atoms with Gasteiger partial charge in [0.1, 0.15) is 18.2 Å². The zero-order valence-electron chi connectivity index (χ0n) is 22.1. The van der Waals surface area contributed by atoms with Crippen LogP contribution in [0.2, 0.25) is 0 Å². The lowest BCUT2D eigenvalue weighted by Crippen LogP contribution is -2.59. The number of likely N-dealkylation sites (tertiary alicyclic amines) is 1. The van der Waals surface area contributed by atoms with Crippen LogP contribution in [0.1, 0.15) is 58.4 Å². The van der Waals surface area contributed by atoms with Gasteiger partial charge in [-0.1, -0.05) is 26.8 Å². The van der Waals surface area contributed by atoms with E-state index in [1.807, 2.05) is 0 Å². The van der Waals surface area contributed by atoms with E-state index in [9.17, 15) is 42.9 Å². The lowest BCUT2D eigenvalue weighted by Gasteiger charge is -2.39. The molecule has 1 aromatic carbocycles. The van der Waals surface area contributed by atoms with Gasteiger partial charge in [0.2, 0.25) is 11.9 Å². The first-order valence-electron chi connectivity index (χ1n) is 13.1. The van der Waals surface area contributed by atoms with Crippen LogP contribution in [0, 0.1) is 16.7 Å². The first kappa shape index (κ1) is 29.0. The Morgan fingerprint density at radius 2 is 1.85 bits per heavy atom. The van der Waals surface area contributed by atoms with Crippen LogP contribution < -0.4 is 5.32 Å². The van der Waals surface area contributed by atoms with Crippen molar-refractivity contribution in [3.8, 4) is 11.5 Å². The maximum Gasteiger partial charge on any atom is 0.417 e. The third kappa shape index (κ3) is 5.27. The number of hydrogen-bond donors (Lipinski definition) is 4. The van der Waals surface area contributed by atoms with E-state index < -0.39 is 60.1 Å². The van der Waals surface area contributed by atoms with Gasteiger partial charge in [0, 0.05) is 18.4 Å². The molecular weight excluding hydrogens is 521 g/mol. The number of amides is 2. The van der Waals surface area contributed by atoms with Gasteiger partial charge in [0.15, 0.2) is 11.5 Å². The second-order valence-electron chi connectivity index (χ2n) is 11.8.